The minimum Gasteiger partial charge on any atom is -0.356 e. The van der Waals surface area contributed by atoms with Crippen molar-refractivity contribution in [2.75, 3.05) is 6.54 Å². The molecule has 0 atom stereocenters. The summed E-state index contributed by atoms with van der Waals surface area (Å²) in [5.41, 5.74) is 0. The molecule has 2 nitrogen and oxygen atoms in total. The van der Waals surface area contributed by atoms with Crippen LogP contribution < -0.4 is 5.32 Å². The Balaban J connectivity index is 2.15. The number of nitrogens with one attached hydrogen (secondary N) is 1. The van der Waals surface area contributed by atoms with Gasteiger partial charge in [0.15, 0.2) is 0 Å². The van der Waals surface area contributed by atoms with Crippen molar-refractivity contribution in [1.82, 2.24) is 5.32 Å². The Bertz CT molecular complexity index is 252. The molecular formula is C16H29NO. The van der Waals surface area contributed by atoms with Gasteiger partial charge in [0, 0.05) is 12.5 Å². The summed E-state index contributed by atoms with van der Waals surface area (Å²) in [7, 11) is 0. The van der Waals surface area contributed by atoms with E-state index in [0.717, 1.165) is 31.7 Å². The van der Waals surface area contributed by atoms with E-state index in [1.54, 1.807) is 0 Å². The number of unbranched alkanes of at least 4 members (excludes halogenated alkanes) is 1. The first-order valence-corrected chi connectivity index (χ1v) is 7.66. The van der Waals surface area contributed by atoms with E-state index in [9.17, 15) is 4.79 Å². The molecule has 1 aliphatic carbocycles. The summed E-state index contributed by atoms with van der Waals surface area (Å²) in [5.74, 6) is 1.46. The Morgan fingerprint density at radius 3 is 2.61 bits per heavy atom. The summed E-state index contributed by atoms with van der Waals surface area (Å²) in [4.78, 5) is 11.9. The number of hydrogen-bond donors (Lipinski definition) is 1. The van der Waals surface area contributed by atoms with Crippen LogP contribution in [-0.4, -0.2) is 12.5 Å². The molecule has 1 aliphatic rings. The maximum absolute atomic E-state index is 11.9. The van der Waals surface area contributed by atoms with E-state index in [-0.39, 0.29) is 11.8 Å². The number of allylic oxidation sites excluding steroid dienone is 1. The Morgan fingerprint density at radius 1 is 1.28 bits per heavy atom. The lowest BCUT2D eigenvalue weighted by Gasteiger charge is -2.27. The quantitative estimate of drug-likeness (QED) is 0.536. The molecule has 0 aliphatic heterocycles. The molecule has 1 amide bonds. The molecule has 2 heteroatoms. The molecule has 0 bridgehead atoms. The first-order chi connectivity index (χ1) is 8.77. The van der Waals surface area contributed by atoms with Gasteiger partial charge in [-0.25, -0.2) is 0 Å². The first-order valence-electron chi connectivity index (χ1n) is 7.66. The van der Waals surface area contributed by atoms with Crippen LogP contribution in [-0.2, 0) is 4.79 Å². The molecule has 18 heavy (non-hydrogen) atoms. The second-order valence-corrected chi connectivity index (χ2v) is 5.51. The fraction of sp³-hybridized carbons (Fsp3) is 0.812. The fourth-order valence-corrected chi connectivity index (χ4v) is 2.80. The normalized spacial score (nSPS) is 24.3. The zero-order valence-electron chi connectivity index (χ0n) is 12.1. The lowest BCUT2D eigenvalue weighted by molar-refractivity contribution is -0.126. The van der Waals surface area contributed by atoms with Crippen LogP contribution in [0.1, 0.15) is 65.2 Å². The van der Waals surface area contributed by atoms with Crippen molar-refractivity contribution in [2.24, 2.45) is 11.8 Å². The van der Waals surface area contributed by atoms with Gasteiger partial charge < -0.3 is 5.32 Å². The van der Waals surface area contributed by atoms with Crippen molar-refractivity contribution in [3.63, 3.8) is 0 Å². The maximum atomic E-state index is 11.9. The Kier molecular flexibility index (Phi) is 7.79. The summed E-state index contributed by atoms with van der Waals surface area (Å²) >= 11 is 0. The molecule has 1 saturated carbocycles. The SMILES string of the molecule is C/C=C/CCNC(=O)C1CCC(CCCC)CC1. The summed E-state index contributed by atoms with van der Waals surface area (Å²) in [6, 6.07) is 0. The van der Waals surface area contributed by atoms with E-state index in [0.29, 0.717) is 0 Å². The molecule has 104 valence electrons. The van der Waals surface area contributed by atoms with E-state index in [4.69, 9.17) is 0 Å². The zero-order chi connectivity index (χ0) is 13.2. The third-order valence-corrected chi connectivity index (χ3v) is 4.03. The molecule has 0 saturated heterocycles. The van der Waals surface area contributed by atoms with Gasteiger partial charge in [0.25, 0.3) is 0 Å². The summed E-state index contributed by atoms with van der Waals surface area (Å²) in [6.07, 6.45) is 13.8. The Hall–Kier alpha value is -0.790. The maximum Gasteiger partial charge on any atom is 0.223 e. The molecule has 1 rings (SSSR count). The Morgan fingerprint density at radius 2 is 2.00 bits per heavy atom. The van der Waals surface area contributed by atoms with E-state index in [1.165, 1.54) is 32.1 Å². The van der Waals surface area contributed by atoms with Crippen LogP contribution in [0.15, 0.2) is 12.2 Å². The molecule has 1 fully saturated rings. The van der Waals surface area contributed by atoms with Gasteiger partial charge in [-0.05, 0) is 44.9 Å². The van der Waals surface area contributed by atoms with Crippen molar-refractivity contribution in [1.29, 1.82) is 0 Å². The molecule has 0 radical (unpaired) electrons. The first kappa shape index (κ1) is 15.3. The highest BCUT2D eigenvalue weighted by Gasteiger charge is 2.25. The summed E-state index contributed by atoms with van der Waals surface area (Å²) in [5, 5.41) is 3.05. The van der Waals surface area contributed by atoms with Gasteiger partial charge >= 0.3 is 0 Å². The minimum atomic E-state index is 0.286. The van der Waals surface area contributed by atoms with Gasteiger partial charge in [-0.1, -0.05) is 38.3 Å². The third-order valence-electron chi connectivity index (χ3n) is 4.03. The molecule has 0 spiro atoms. The van der Waals surface area contributed by atoms with Gasteiger partial charge in [-0.2, -0.15) is 0 Å². The van der Waals surface area contributed by atoms with E-state index >= 15 is 0 Å². The van der Waals surface area contributed by atoms with Crippen molar-refractivity contribution in [3.05, 3.63) is 12.2 Å². The van der Waals surface area contributed by atoms with Gasteiger partial charge in [-0.3, -0.25) is 4.79 Å². The van der Waals surface area contributed by atoms with Crippen LogP contribution >= 0.6 is 0 Å². The second kappa shape index (κ2) is 9.18. The smallest absolute Gasteiger partial charge is 0.223 e. The van der Waals surface area contributed by atoms with Gasteiger partial charge in [0.1, 0.15) is 0 Å². The van der Waals surface area contributed by atoms with Crippen LogP contribution in [0.25, 0.3) is 0 Å². The number of amides is 1. The molecular weight excluding hydrogens is 222 g/mol. The van der Waals surface area contributed by atoms with E-state index in [2.05, 4.69) is 18.3 Å². The second-order valence-electron chi connectivity index (χ2n) is 5.51. The van der Waals surface area contributed by atoms with Crippen molar-refractivity contribution in [3.8, 4) is 0 Å². The van der Waals surface area contributed by atoms with Gasteiger partial charge in [0.2, 0.25) is 5.91 Å². The van der Waals surface area contributed by atoms with E-state index < -0.39 is 0 Å². The summed E-state index contributed by atoms with van der Waals surface area (Å²) < 4.78 is 0. The van der Waals surface area contributed by atoms with Crippen molar-refractivity contribution in [2.45, 2.75) is 65.2 Å². The lowest BCUT2D eigenvalue weighted by Crippen LogP contribution is -2.33. The van der Waals surface area contributed by atoms with Crippen LogP contribution in [0.5, 0.6) is 0 Å². The zero-order valence-corrected chi connectivity index (χ0v) is 12.1. The third kappa shape index (κ3) is 5.70. The van der Waals surface area contributed by atoms with Crippen LogP contribution in [0.2, 0.25) is 0 Å². The predicted octanol–water partition coefficient (Wildman–Crippen LogP) is 4.07. The molecule has 1 N–H and O–H groups in total. The number of hydrogen-bond acceptors (Lipinski definition) is 1. The highest BCUT2D eigenvalue weighted by atomic mass is 16.1. The standard InChI is InChI=1S/C16H29NO/c1-3-5-7-13-17-16(18)15-11-9-14(10-12-15)8-6-4-2/h3,5,14-15H,4,6-13H2,1-2H3,(H,17,18)/b5-3+. The molecule has 0 unspecified atom stereocenters. The van der Waals surface area contributed by atoms with Gasteiger partial charge in [-0.15, -0.1) is 0 Å². The van der Waals surface area contributed by atoms with Crippen LogP contribution in [0.3, 0.4) is 0 Å². The van der Waals surface area contributed by atoms with Gasteiger partial charge in [0.05, 0.1) is 0 Å². The molecule has 0 aromatic heterocycles. The van der Waals surface area contributed by atoms with Crippen LogP contribution in [0, 0.1) is 11.8 Å². The predicted molar refractivity (Wildman–Crippen MR) is 77.4 cm³/mol. The minimum absolute atomic E-state index is 0.286. The van der Waals surface area contributed by atoms with Crippen molar-refractivity contribution < 1.29 is 4.79 Å². The van der Waals surface area contributed by atoms with Crippen molar-refractivity contribution >= 4 is 5.91 Å². The highest BCUT2D eigenvalue weighted by molar-refractivity contribution is 5.78. The number of carbonyl (C=O) groups is 1. The summed E-state index contributed by atoms with van der Waals surface area (Å²) in [6.45, 7) is 5.06. The van der Waals surface area contributed by atoms with E-state index in [1.807, 2.05) is 13.0 Å². The molecule has 0 aromatic rings. The highest BCUT2D eigenvalue weighted by Crippen LogP contribution is 2.31. The average Bonchev–Trinajstić information content (AvgIpc) is 2.41. The monoisotopic (exact) mass is 251 g/mol. The lowest BCUT2D eigenvalue weighted by atomic mass is 9.79. The molecule has 0 aromatic carbocycles. The number of carbonyl (C=O) groups excluding carboxylic acids is 1. The Labute approximate surface area is 112 Å². The number of rotatable bonds is 7. The topological polar surface area (TPSA) is 29.1 Å². The largest absolute Gasteiger partial charge is 0.356 e. The molecule has 0 heterocycles. The van der Waals surface area contributed by atoms with Crippen LogP contribution in [0.4, 0.5) is 0 Å². The fourth-order valence-electron chi connectivity index (χ4n) is 2.80. The average molecular weight is 251 g/mol.